The van der Waals surface area contributed by atoms with E-state index >= 15 is 0 Å². The molecule has 1 aromatic rings. The Labute approximate surface area is 125 Å². The minimum atomic E-state index is -0.0907. The van der Waals surface area contributed by atoms with Gasteiger partial charge in [0.1, 0.15) is 0 Å². The molecule has 114 valence electrons. The van der Waals surface area contributed by atoms with Crippen LogP contribution in [0.2, 0.25) is 0 Å². The zero-order valence-corrected chi connectivity index (χ0v) is 12.4. The summed E-state index contributed by atoms with van der Waals surface area (Å²) in [5.41, 5.74) is 1.01. The van der Waals surface area contributed by atoms with E-state index in [1.165, 1.54) is 19.3 Å². The number of ether oxygens (including phenoxy) is 2. The predicted octanol–water partition coefficient (Wildman–Crippen LogP) is 3.11. The van der Waals surface area contributed by atoms with Crippen molar-refractivity contribution in [2.75, 3.05) is 6.79 Å². The highest BCUT2D eigenvalue weighted by molar-refractivity contribution is 5.74. The van der Waals surface area contributed by atoms with Crippen molar-refractivity contribution in [3.8, 4) is 11.5 Å². The summed E-state index contributed by atoms with van der Waals surface area (Å²) in [4.78, 5) is 12.1. The lowest BCUT2D eigenvalue weighted by Crippen LogP contribution is -2.43. The van der Waals surface area contributed by atoms with Gasteiger partial charge in [0.25, 0.3) is 0 Å². The largest absolute Gasteiger partial charge is 0.454 e. The van der Waals surface area contributed by atoms with Gasteiger partial charge in [-0.1, -0.05) is 25.3 Å². The van der Waals surface area contributed by atoms with E-state index in [9.17, 15) is 4.79 Å². The van der Waals surface area contributed by atoms with Gasteiger partial charge in [-0.2, -0.15) is 0 Å². The maximum Gasteiger partial charge on any atom is 0.315 e. The standard InChI is InChI=1S/C16H22N2O3/c1-11(12-7-8-14-15(9-12)21-10-20-14)17-16(19)18-13-5-3-2-4-6-13/h7-9,11,13H,2-6,10H2,1H3,(H2,17,18,19)/t11-/m1/s1. The first-order valence-electron chi connectivity index (χ1n) is 7.69. The van der Waals surface area contributed by atoms with Crippen LogP contribution >= 0.6 is 0 Å². The third-order valence-corrected chi connectivity index (χ3v) is 4.18. The van der Waals surface area contributed by atoms with Crippen molar-refractivity contribution >= 4 is 6.03 Å². The summed E-state index contributed by atoms with van der Waals surface area (Å²) in [6, 6.07) is 5.93. The number of hydrogen-bond donors (Lipinski definition) is 2. The number of nitrogens with one attached hydrogen (secondary N) is 2. The lowest BCUT2D eigenvalue weighted by atomic mass is 9.96. The molecule has 2 aliphatic rings. The number of rotatable bonds is 3. The molecule has 0 saturated heterocycles. The molecule has 0 bridgehead atoms. The first-order valence-corrected chi connectivity index (χ1v) is 7.69. The number of carbonyl (C=O) groups is 1. The highest BCUT2D eigenvalue weighted by Crippen LogP contribution is 2.34. The maximum atomic E-state index is 12.1. The second-order valence-corrected chi connectivity index (χ2v) is 5.79. The van der Waals surface area contributed by atoms with Crippen LogP contribution < -0.4 is 20.1 Å². The first-order chi connectivity index (χ1) is 10.2. The number of amides is 2. The van der Waals surface area contributed by atoms with E-state index < -0.39 is 0 Å². The zero-order chi connectivity index (χ0) is 14.7. The zero-order valence-electron chi connectivity index (χ0n) is 12.4. The van der Waals surface area contributed by atoms with E-state index in [1.807, 2.05) is 25.1 Å². The van der Waals surface area contributed by atoms with E-state index in [0.717, 1.165) is 29.9 Å². The van der Waals surface area contributed by atoms with Gasteiger partial charge in [-0.05, 0) is 37.5 Å². The molecule has 0 radical (unpaired) electrons. The number of urea groups is 1. The molecule has 1 fully saturated rings. The normalized spacial score (nSPS) is 19.1. The van der Waals surface area contributed by atoms with Gasteiger partial charge in [0, 0.05) is 6.04 Å². The molecule has 5 heteroatoms. The second-order valence-electron chi connectivity index (χ2n) is 5.79. The fourth-order valence-corrected chi connectivity index (χ4v) is 2.94. The van der Waals surface area contributed by atoms with Gasteiger partial charge in [-0.3, -0.25) is 0 Å². The summed E-state index contributed by atoms with van der Waals surface area (Å²) >= 11 is 0. The Morgan fingerprint density at radius 3 is 2.76 bits per heavy atom. The van der Waals surface area contributed by atoms with Gasteiger partial charge >= 0.3 is 6.03 Å². The van der Waals surface area contributed by atoms with Crippen LogP contribution in [0.1, 0.15) is 50.6 Å². The average molecular weight is 290 g/mol. The molecule has 21 heavy (non-hydrogen) atoms. The molecule has 1 atom stereocenters. The molecular formula is C16H22N2O3. The van der Waals surface area contributed by atoms with Gasteiger partial charge in [-0.15, -0.1) is 0 Å². The fourth-order valence-electron chi connectivity index (χ4n) is 2.94. The average Bonchev–Trinajstić information content (AvgIpc) is 2.95. The van der Waals surface area contributed by atoms with Crippen molar-refractivity contribution in [1.82, 2.24) is 10.6 Å². The number of fused-ring (bicyclic) bond motifs is 1. The van der Waals surface area contributed by atoms with Crippen LogP contribution in [-0.4, -0.2) is 18.9 Å². The molecule has 1 heterocycles. The first kappa shape index (κ1) is 14.0. The van der Waals surface area contributed by atoms with Crippen molar-refractivity contribution in [3.05, 3.63) is 23.8 Å². The van der Waals surface area contributed by atoms with Crippen molar-refractivity contribution in [2.24, 2.45) is 0 Å². The second kappa shape index (κ2) is 6.24. The maximum absolute atomic E-state index is 12.1. The highest BCUT2D eigenvalue weighted by Gasteiger charge is 2.19. The molecular weight excluding hydrogens is 268 g/mol. The quantitative estimate of drug-likeness (QED) is 0.899. The fraction of sp³-hybridized carbons (Fsp3) is 0.562. The van der Waals surface area contributed by atoms with Crippen molar-refractivity contribution < 1.29 is 14.3 Å². The summed E-state index contributed by atoms with van der Waals surface area (Å²) < 4.78 is 10.7. The van der Waals surface area contributed by atoms with E-state index in [-0.39, 0.29) is 18.9 Å². The lowest BCUT2D eigenvalue weighted by Gasteiger charge is -2.24. The number of hydrogen-bond acceptors (Lipinski definition) is 3. The van der Waals surface area contributed by atoms with Crippen LogP contribution in [0.5, 0.6) is 11.5 Å². The van der Waals surface area contributed by atoms with E-state index in [4.69, 9.17) is 9.47 Å². The van der Waals surface area contributed by atoms with Crippen LogP contribution in [0.3, 0.4) is 0 Å². The SMILES string of the molecule is C[C@@H](NC(=O)NC1CCCCC1)c1ccc2c(c1)OCO2. The van der Waals surface area contributed by atoms with Crippen molar-refractivity contribution in [1.29, 1.82) is 0 Å². The Kier molecular flexibility index (Phi) is 4.18. The van der Waals surface area contributed by atoms with Crippen LogP contribution in [0.4, 0.5) is 4.79 Å². The summed E-state index contributed by atoms with van der Waals surface area (Å²) in [7, 11) is 0. The molecule has 1 aromatic carbocycles. The van der Waals surface area contributed by atoms with Crippen molar-refractivity contribution in [2.45, 2.75) is 51.1 Å². The van der Waals surface area contributed by atoms with Gasteiger partial charge in [0.15, 0.2) is 11.5 Å². The Morgan fingerprint density at radius 1 is 1.19 bits per heavy atom. The van der Waals surface area contributed by atoms with Crippen LogP contribution in [0.15, 0.2) is 18.2 Å². The summed E-state index contributed by atoms with van der Waals surface area (Å²) in [5.74, 6) is 1.51. The molecule has 3 rings (SSSR count). The van der Waals surface area contributed by atoms with Crippen LogP contribution in [0.25, 0.3) is 0 Å². The Hall–Kier alpha value is -1.91. The Bertz CT molecular complexity index is 512. The molecule has 2 N–H and O–H groups in total. The number of carbonyl (C=O) groups excluding carboxylic acids is 1. The summed E-state index contributed by atoms with van der Waals surface area (Å²) in [5, 5.41) is 6.05. The molecule has 0 aromatic heterocycles. The topological polar surface area (TPSA) is 59.6 Å². The van der Waals surface area contributed by atoms with E-state index in [2.05, 4.69) is 10.6 Å². The van der Waals surface area contributed by atoms with Crippen LogP contribution in [0, 0.1) is 0 Å². The minimum absolute atomic E-state index is 0.0666. The third kappa shape index (κ3) is 3.40. The van der Waals surface area contributed by atoms with Crippen LogP contribution in [-0.2, 0) is 0 Å². The molecule has 5 nitrogen and oxygen atoms in total. The van der Waals surface area contributed by atoms with Gasteiger partial charge < -0.3 is 20.1 Å². The molecule has 1 aliphatic heterocycles. The molecule has 1 saturated carbocycles. The molecule has 0 unspecified atom stereocenters. The highest BCUT2D eigenvalue weighted by atomic mass is 16.7. The van der Waals surface area contributed by atoms with E-state index in [0.29, 0.717) is 6.04 Å². The third-order valence-electron chi connectivity index (χ3n) is 4.18. The summed E-state index contributed by atoms with van der Waals surface area (Å²) in [6.07, 6.45) is 5.89. The lowest BCUT2D eigenvalue weighted by molar-refractivity contribution is 0.174. The summed E-state index contributed by atoms with van der Waals surface area (Å²) in [6.45, 7) is 2.24. The minimum Gasteiger partial charge on any atom is -0.454 e. The predicted molar refractivity (Wildman–Crippen MR) is 79.5 cm³/mol. The smallest absolute Gasteiger partial charge is 0.315 e. The van der Waals surface area contributed by atoms with Gasteiger partial charge in [0.05, 0.1) is 6.04 Å². The number of benzene rings is 1. The van der Waals surface area contributed by atoms with E-state index in [1.54, 1.807) is 0 Å². The monoisotopic (exact) mass is 290 g/mol. The van der Waals surface area contributed by atoms with Crippen molar-refractivity contribution in [3.63, 3.8) is 0 Å². The molecule has 2 amide bonds. The molecule has 1 aliphatic carbocycles. The Balaban J connectivity index is 1.55. The van der Waals surface area contributed by atoms with Gasteiger partial charge in [0.2, 0.25) is 6.79 Å². The Morgan fingerprint density at radius 2 is 1.95 bits per heavy atom. The van der Waals surface area contributed by atoms with Gasteiger partial charge in [-0.25, -0.2) is 4.79 Å². The molecule has 0 spiro atoms.